The number of aliphatic imine (C=N–C) groups is 1. The van der Waals surface area contributed by atoms with Crippen molar-refractivity contribution in [3.05, 3.63) is 263 Å². The molecule has 0 aromatic heterocycles. The molecule has 4 nitrogen and oxygen atoms in total. The number of amidine groups is 1. The Morgan fingerprint density at radius 1 is 0.597 bits per heavy atom. The van der Waals surface area contributed by atoms with Crippen molar-refractivity contribution in [3.8, 4) is 22.3 Å². The monoisotopic (exact) mass is 798 g/mol. The first-order valence-corrected chi connectivity index (χ1v) is 22.0. The summed E-state index contributed by atoms with van der Waals surface area (Å²) in [5.41, 5.74) is 17.3. The van der Waals surface area contributed by atoms with Gasteiger partial charge in [0.15, 0.2) is 0 Å². The van der Waals surface area contributed by atoms with Crippen molar-refractivity contribution in [2.45, 2.75) is 42.5 Å². The van der Waals surface area contributed by atoms with E-state index in [1.807, 2.05) is 0 Å². The standard InChI is InChI=1S/C58H46N4/c1-5-18-39(19-6-1)40-32-34-42(35-33-40)56-59-55(41-20-7-2-8-21-41)60-57(61-56)43-22-17-27-46(38-43)62-51-31-16-14-29-48(51)54-52(62)37-36-50-53(54)47-28-13-15-30-49(47)58(50,44-23-9-3-10-24-44)45-25-11-4-12-26-45/h1-7,9-20,22-38,48,51,55,57,60H,8,21H2,(H,59,61). The Labute approximate surface area is 364 Å². The van der Waals surface area contributed by atoms with Gasteiger partial charge >= 0.3 is 0 Å². The highest BCUT2D eigenvalue weighted by Gasteiger charge is 2.50. The van der Waals surface area contributed by atoms with Crippen LogP contribution in [0.15, 0.2) is 229 Å². The van der Waals surface area contributed by atoms with E-state index in [0.29, 0.717) is 0 Å². The number of hydrogen-bond donors (Lipinski definition) is 2. The van der Waals surface area contributed by atoms with Crippen LogP contribution in [0, 0.1) is 0 Å². The van der Waals surface area contributed by atoms with E-state index < -0.39 is 5.41 Å². The molecule has 4 unspecified atom stereocenters. The van der Waals surface area contributed by atoms with Gasteiger partial charge in [0.1, 0.15) is 18.2 Å². The molecule has 62 heavy (non-hydrogen) atoms. The smallest absolute Gasteiger partial charge is 0.131 e. The molecular weight excluding hydrogens is 753 g/mol. The van der Waals surface area contributed by atoms with Gasteiger partial charge in [-0.05, 0) is 92.2 Å². The first kappa shape index (κ1) is 36.6. The average molecular weight is 799 g/mol. The minimum absolute atomic E-state index is 0.131. The molecule has 7 aromatic rings. The molecule has 5 aliphatic rings. The molecule has 12 rings (SSSR count). The fourth-order valence-corrected chi connectivity index (χ4v) is 10.9. The minimum atomic E-state index is -0.444. The van der Waals surface area contributed by atoms with Crippen LogP contribution < -0.4 is 15.5 Å². The van der Waals surface area contributed by atoms with E-state index in [4.69, 9.17) is 4.99 Å². The first-order chi connectivity index (χ1) is 30.8. The predicted octanol–water partition coefficient (Wildman–Crippen LogP) is 12.7. The number of hydrogen-bond acceptors (Lipinski definition) is 4. The van der Waals surface area contributed by atoms with Crippen molar-refractivity contribution in [2.75, 3.05) is 4.90 Å². The number of anilines is 2. The maximum atomic E-state index is 5.31. The Bertz CT molecular complexity index is 2940. The van der Waals surface area contributed by atoms with Crippen molar-refractivity contribution in [2.24, 2.45) is 4.99 Å². The molecule has 0 spiro atoms. The molecule has 2 N–H and O–H groups in total. The van der Waals surface area contributed by atoms with E-state index in [0.717, 1.165) is 24.2 Å². The molecule has 0 saturated carbocycles. The Morgan fingerprint density at radius 2 is 1.29 bits per heavy atom. The molecule has 0 radical (unpaired) electrons. The van der Waals surface area contributed by atoms with Crippen LogP contribution in [0.25, 0.3) is 22.3 Å². The van der Waals surface area contributed by atoms with Crippen LogP contribution in [0.3, 0.4) is 0 Å². The van der Waals surface area contributed by atoms with E-state index in [9.17, 15) is 0 Å². The summed E-state index contributed by atoms with van der Waals surface area (Å²) in [6, 6.07) is 64.9. The Hall–Kier alpha value is -7.27. The minimum Gasteiger partial charge on any atom is -0.350 e. The third-order valence-corrected chi connectivity index (χ3v) is 13.6. The summed E-state index contributed by atoms with van der Waals surface area (Å²) in [7, 11) is 0. The Kier molecular flexibility index (Phi) is 8.86. The highest BCUT2D eigenvalue weighted by molar-refractivity contribution is 6.00. The van der Waals surface area contributed by atoms with Crippen molar-refractivity contribution in [3.63, 3.8) is 0 Å². The predicted molar refractivity (Wildman–Crippen MR) is 255 cm³/mol. The Morgan fingerprint density at radius 3 is 2.05 bits per heavy atom. The fraction of sp³-hybridized carbons (Fsp3) is 0.121. The Balaban J connectivity index is 0.964. The lowest BCUT2D eigenvalue weighted by Crippen LogP contribution is -2.49. The van der Waals surface area contributed by atoms with Gasteiger partial charge in [-0.15, -0.1) is 0 Å². The number of nitrogens with one attached hydrogen (secondary N) is 2. The van der Waals surface area contributed by atoms with Gasteiger partial charge in [0, 0.05) is 22.9 Å². The maximum Gasteiger partial charge on any atom is 0.131 e. The van der Waals surface area contributed by atoms with Crippen LogP contribution in [0.4, 0.5) is 11.4 Å². The van der Waals surface area contributed by atoms with E-state index in [1.54, 1.807) is 0 Å². The van der Waals surface area contributed by atoms with Gasteiger partial charge < -0.3 is 10.2 Å². The molecular formula is C58H46N4. The molecule has 2 heterocycles. The van der Waals surface area contributed by atoms with Gasteiger partial charge in [-0.3, -0.25) is 5.32 Å². The fourth-order valence-electron chi connectivity index (χ4n) is 10.9. The van der Waals surface area contributed by atoms with Gasteiger partial charge in [-0.1, -0.05) is 200 Å². The summed E-state index contributed by atoms with van der Waals surface area (Å²) in [6.07, 6.45) is 17.7. The summed E-state index contributed by atoms with van der Waals surface area (Å²) in [5.74, 6) is 1.09. The maximum absolute atomic E-state index is 5.31. The topological polar surface area (TPSA) is 39.7 Å². The van der Waals surface area contributed by atoms with E-state index in [-0.39, 0.29) is 24.3 Å². The number of benzene rings is 7. The molecule has 298 valence electrons. The lowest BCUT2D eigenvalue weighted by molar-refractivity contribution is 0.425. The lowest BCUT2D eigenvalue weighted by Gasteiger charge is -2.34. The molecule has 0 bridgehead atoms. The van der Waals surface area contributed by atoms with Crippen LogP contribution >= 0.6 is 0 Å². The summed E-state index contributed by atoms with van der Waals surface area (Å²) in [5, 5.41) is 7.75. The number of fused-ring (bicyclic) bond motifs is 7. The third-order valence-electron chi connectivity index (χ3n) is 13.6. The molecule has 0 saturated heterocycles. The zero-order valence-corrected chi connectivity index (χ0v) is 34.4. The largest absolute Gasteiger partial charge is 0.350 e. The van der Waals surface area contributed by atoms with E-state index in [1.165, 1.54) is 72.6 Å². The van der Waals surface area contributed by atoms with E-state index >= 15 is 0 Å². The first-order valence-electron chi connectivity index (χ1n) is 22.0. The highest BCUT2D eigenvalue weighted by atomic mass is 15.3. The normalized spacial score (nSPS) is 21.3. The SMILES string of the molecule is C1=CCCC(C2N=C(c3ccc(-c4ccccc4)cc3)NC(c3cccc(N4c5ccc6c(c5C5C=CC=CC54)-c4ccccc4C6(c4ccccc4)c4ccccc4)c3)N2)=C1. The summed E-state index contributed by atoms with van der Waals surface area (Å²) in [4.78, 5) is 7.90. The van der Waals surface area contributed by atoms with Gasteiger partial charge in [0.2, 0.25) is 0 Å². The summed E-state index contributed by atoms with van der Waals surface area (Å²) >= 11 is 0. The summed E-state index contributed by atoms with van der Waals surface area (Å²) < 4.78 is 0. The highest BCUT2D eigenvalue weighted by Crippen LogP contribution is 2.62. The summed E-state index contributed by atoms with van der Waals surface area (Å²) in [6.45, 7) is 0. The van der Waals surface area contributed by atoms with Crippen LogP contribution in [-0.4, -0.2) is 18.0 Å². The number of rotatable bonds is 7. The second-order valence-electron chi connectivity index (χ2n) is 17.0. The molecule has 0 fully saturated rings. The molecule has 0 amide bonds. The molecule has 4 heteroatoms. The number of allylic oxidation sites excluding steroid dienone is 5. The van der Waals surface area contributed by atoms with E-state index in [2.05, 4.69) is 234 Å². The average Bonchev–Trinajstić information content (AvgIpc) is 3.86. The van der Waals surface area contributed by atoms with Crippen molar-refractivity contribution >= 4 is 17.2 Å². The third kappa shape index (κ3) is 5.82. The van der Waals surface area contributed by atoms with Crippen LogP contribution in [-0.2, 0) is 5.41 Å². The van der Waals surface area contributed by atoms with Crippen LogP contribution in [0.1, 0.15) is 63.9 Å². The molecule has 2 aliphatic heterocycles. The van der Waals surface area contributed by atoms with Crippen molar-refractivity contribution < 1.29 is 0 Å². The lowest BCUT2D eigenvalue weighted by atomic mass is 9.67. The molecule has 7 aromatic carbocycles. The quantitative estimate of drug-likeness (QED) is 0.169. The van der Waals surface area contributed by atoms with Crippen molar-refractivity contribution in [1.82, 2.24) is 10.6 Å². The van der Waals surface area contributed by atoms with Crippen molar-refractivity contribution in [1.29, 1.82) is 0 Å². The van der Waals surface area contributed by atoms with Crippen LogP contribution in [0.5, 0.6) is 0 Å². The van der Waals surface area contributed by atoms with Gasteiger partial charge in [0.25, 0.3) is 0 Å². The van der Waals surface area contributed by atoms with Gasteiger partial charge in [-0.25, -0.2) is 4.99 Å². The molecule has 4 atom stereocenters. The molecule has 3 aliphatic carbocycles. The second-order valence-corrected chi connectivity index (χ2v) is 17.0. The van der Waals surface area contributed by atoms with Crippen LogP contribution in [0.2, 0.25) is 0 Å². The zero-order valence-electron chi connectivity index (χ0n) is 34.4. The number of nitrogens with zero attached hydrogens (tertiary/aromatic N) is 2. The van der Waals surface area contributed by atoms with Gasteiger partial charge in [-0.2, -0.15) is 0 Å². The second kappa shape index (κ2) is 15.0. The van der Waals surface area contributed by atoms with Gasteiger partial charge in [0.05, 0.1) is 11.5 Å². The zero-order chi connectivity index (χ0) is 41.0.